The Kier molecular flexibility index (Phi) is 2.52. The van der Waals surface area contributed by atoms with Crippen LogP contribution in [-0.4, -0.2) is 30.7 Å². The van der Waals surface area contributed by atoms with E-state index in [0.717, 1.165) is 18.5 Å². The van der Waals surface area contributed by atoms with Crippen molar-refractivity contribution in [3.05, 3.63) is 48.8 Å². The fourth-order valence-corrected chi connectivity index (χ4v) is 3.06. The lowest BCUT2D eigenvalue weighted by Gasteiger charge is -2.29. The van der Waals surface area contributed by atoms with Gasteiger partial charge >= 0.3 is 0 Å². The second-order valence-corrected chi connectivity index (χ2v) is 5.47. The quantitative estimate of drug-likeness (QED) is 0.886. The van der Waals surface area contributed by atoms with Gasteiger partial charge in [-0.3, -0.25) is 4.98 Å². The number of anilines is 1. The van der Waals surface area contributed by atoms with Gasteiger partial charge in [0.2, 0.25) is 0 Å². The number of hydrogen-bond acceptors (Lipinski definition) is 3. The Balaban J connectivity index is 1.56. The first-order chi connectivity index (χ1) is 9.40. The molecule has 0 aliphatic carbocycles. The van der Waals surface area contributed by atoms with E-state index in [1.54, 1.807) is 0 Å². The highest BCUT2D eigenvalue weighted by atomic mass is 15.2. The molecule has 96 valence electrons. The van der Waals surface area contributed by atoms with Crippen LogP contribution in [0.5, 0.6) is 0 Å². The van der Waals surface area contributed by atoms with E-state index in [1.165, 1.54) is 29.9 Å². The smallest absolute Gasteiger partial charge is 0.0367 e. The molecule has 4 rings (SSSR count). The number of fused-ring (bicyclic) bond motifs is 1. The average Bonchev–Trinajstić information content (AvgIpc) is 2.76. The summed E-state index contributed by atoms with van der Waals surface area (Å²) in [5.74, 6) is 0.859. The van der Waals surface area contributed by atoms with Crippen LogP contribution >= 0.6 is 0 Å². The molecule has 3 nitrogen and oxygen atoms in total. The van der Waals surface area contributed by atoms with Gasteiger partial charge in [-0.25, -0.2) is 0 Å². The van der Waals surface area contributed by atoms with Gasteiger partial charge in [0.05, 0.1) is 0 Å². The number of nitrogens with zero attached hydrogens (tertiary/aromatic N) is 2. The molecule has 2 aliphatic rings. The van der Waals surface area contributed by atoms with E-state index in [4.69, 9.17) is 0 Å². The molecule has 1 N–H and O–H groups in total. The van der Waals surface area contributed by atoms with Gasteiger partial charge in [-0.1, -0.05) is 18.2 Å². The van der Waals surface area contributed by atoms with Crippen LogP contribution in [0.25, 0.3) is 11.1 Å². The van der Waals surface area contributed by atoms with Gasteiger partial charge in [0.1, 0.15) is 0 Å². The normalized spacial score (nSPS) is 24.9. The maximum absolute atomic E-state index is 4.17. The molecule has 1 aromatic heterocycles. The lowest BCUT2D eigenvalue weighted by molar-refractivity contribution is 0.297. The van der Waals surface area contributed by atoms with E-state index in [2.05, 4.69) is 45.5 Å². The number of rotatable bonds is 2. The first kappa shape index (κ1) is 11.0. The van der Waals surface area contributed by atoms with Gasteiger partial charge in [0.15, 0.2) is 0 Å². The zero-order valence-corrected chi connectivity index (χ0v) is 10.8. The van der Waals surface area contributed by atoms with Crippen LogP contribution in [0, 0.1) is 5.92 Å². The molecular weight excluding hydrogens is 234 g/mol. The zero-order chi connectivity index (χ0) is 12.7. The second kappa shape index (κ2) is 4.35. The Morgan fingerprint density at radius 3 is 2.53 bits per heavy atom. The highest BCUT2D eigenvalue weighted by Crippen LogP contribution is 2.29. The lowest BCUT2D eigenvalue weighted by Crippen LogP contribution is -2.51. The molecular formula is C16H17N3. The Morgan fingerprint density at radius 2 is 1.95 bits per heavy atom. The number of hydrogen-bond donors (Lipinski definition) is 1. The van der Waals surface area contributed by atoms with Crippen molar-refractivity contribution in [3.63, 3.8) is 0 Å². The van der Waals surface area contributed by atoms with Crippen LogP contribution in [0.1, 0.15) is 0 Å². The third-order valence-electron chi connectivity index (χ3n) is 4.31. The van der Waals surface area contributed by atoms with Gasteiger partial charge in [0, 0.05) is 49.7 Å². The topological polar surface area (TPSA) is 28.2 Å². The SMILES string of the molecule is c1cncc(-c2ccc(N3C[C@@H]4CN[C@@H]4C3)cc2)c1. The van der Waals surface area contributed by atoms with Crippen molar-refractivity contribution in [1.29, 1.82) is 0 Å². The van der Waals surface area contributed by atoms with Crippen molar-refractivity contribution in [2.24, 2.45) is 5.92 Å². The van der Waals surface area contributed by atoms with Crippen molar-refractivity contribution >= 4 is 5.69 Å². The van der Waals surface area contributed by atoms with Crippen molar-refractivity contribution in [2.75, 3.05) is 24.5 Å². The van der Waals surface area contributed by atoms with Crippen molar-refractivity contribution in [3.8, 4) is 11.1 Å². The van der Waals surface area contributed by atoms with Crippen molar-refractivity contribution in [2.45, 2.75) is 6.04 Å². The van der Waals surface area contributed by atoms with E-state index >= 15 is 0 Å². The van der Waals surface area contributed by atoms with E-state index in [1.807, 2.05) is 18.5 Å². The summed E-state index contributed by atoms with van der Waals surface area (Å²) in [5, 5.41) is 3.49. The zero-order valence-electron chi connectivity index (χ0n) is 10.8. The van der Waals surface area contributed by atoms with Crippen LogP contribution in [-0.2, 0) is 0 Å². The highest BCUT2D eigenvalue weighted by molar-refractivity contribution is 5.65. The minimum atomic E-state index is 0.720. The van der Waals surface area contributed by atoms with E-state index in [-0.39, 0.29) is 0 Å². The summed E-state index contributed by atoms with van der Waals surface area (Å²) >= 11 is 0. The van der Waals surface area contributed by atoms with Crippen molar-refractivity contribution < 1.29 is 0 Å². The van der Waals surface area contributed by atoms with Gasteiger partial charge < -0.3 is 10.2 Å². The number of aromatic nitrogens is 1. The molecule has 0 saturated carbocycles. The Morgan fingerprint density at radius 1 is 1.05 bits per heavy atom. The van der Waals surface area contributed by atoms with Gasteiger partial charge in [-0.2, -0.15) is 0 Å². The van der Waals surface area contributed by atoms with Crippen LogP contribution in [0.3, 0.4) is 0 Å². The number of pyridine rings is 1. The molecule has 2 atom stereocenters. The summed E-state index contributed by atoms with van der Waals surface area (Å²) in [6.45, 7) is 3.54. The largest absolute Gasteiger partial charge is 0.370 e. The summed E-state index contributed by atoms with van der Waals surface area (Å²) in [5.41, 5.74) is 3.75. The molecule has 3 heteroatoms. The molecule has 0 unspecified atom stereocenters. The van der Waals surface area contributed by atoms with E-state index in [0.29, 0.717) is 0 Å². The van der Waals surface area contributed by atoms with E-state index < -0.39 is 0 Å². The van der Waals surface area contributed by atoms with Crippen LogP contribution < -0.4 is 10.2 Å². The van der Waals surface area contributed by atoms with E-state index in [9.17, 15) is 0 Å². The molecule has 3 heterocycles. The molecule has 0 bridgehead atoms. The predicted molar refractivity (Wildman–Crippen MR) is 77.2 cm³/mol. The Hall–Kier alpha value is -1.87. The molecule has 0 spiro atoms. The molecule has 0 radical (unpaired) electrons. The highest BCUT2D eigenvalue weighted by Gasteiger charge is 2.38. The minimum absolute atomic E-state index is 0.720. The van der Waals surface area contributed by atoms with Gasteiger partial charge in [-0.05, 0) is 29.3 Å². The maximum Gasteiger partial charge on any atom is 0.0367 e. The first-order valence-electron chi connectivity index (χ1n) is 6.89. The Labute approximate surface area is 113 Å². The molecule has 2 saturated heterocycles. The molecule has 2 fully saturated rings. The molecule has 2 aliphatic heterocycles. The predicted octanol–water partition coefficient (Wildman–Crippen LogP) is 2.16. The van der Waals surface area contributed by atoms with Crippen LogP contribution in [0.15, 0.2) is 48.8 Å². The number of benzene rings is 1. The molecule has 1 aromatic carbocycles. The maximum atomic E-state index is 4.17. The van der Waals surface area contributed by atoms with Gasteiger partial charge in [0.25, 0.3) is 0 Å². The summed E-state index contributed by atoms with van der Waals surface area (Å²) in [7, 11) is 0. The standard InChI is InChI=1S/C16H17N3/c1-2-13(8-17-7-1)12-3-5-15(6-4-12)19-10-14-9-18-16(14)11-19/h1-8,14,16,18H,9-11H2/t14-,16+/m0/s1. The summed E-state index contributed by atoms with van der Waals surface area (Å²) in [6.07, 6.45) is 3.72. The fourth-order valence-electron chi connectivity index (χ4n) is 3.06. The van der Waals surface area contributed by atoms with Gasteiger partial charge in [-0.15, -0.1) is 0 Å². The first-order valence-corrected chi connectivity index (χ1v) is 6.89. The summed E-state index contributed by atoms with van der Waals surface area (Å²) < 4.78 is 0. The lowest BCUT2D eigenvalue weighted by atomic mass is 9.96. The average molecular weight is 251 g/mol. The second-order valence-electron chi connectivity index (χ2n) is 5.47. The molecule has 2 aromatic rings. The monoisotopic (exact) mass is 251 g/mol. The fraction of sp³-hybridized carbons (Fsp3) is 0.312. The molecule has 0 amide bonds. The third kappa shape index (κ3) is 1.90. The minimum Gasteiger partial charge on any atom is -0.370 e. The number of nitrogens with one attached hydrogen (secondary N) is 1. The Bertz CT molecular complexity index is 552. The summed E-state index contributed by atoms with van der Waals surface area (Å²) in [4.78, 5) is 6.66. The van der Waals surface area contributed by atoms with Crippen LogP contribution in [0.2, 0.25) is 0 Å². The van der Waals surface area contributed by atoms with Crippen LogP contribution in [0.4, 0.5) is 5.69 Å². The van der Waals surface area contributed by atoms with Crippen molar-refractivity contribution in [1.82, 2.24) is 10.3 Å². The molecule has 19 heavy (non-hydrogen) atoms. The third-order valence-corrected chi connectivity index (χ3v) is 4.31. The summed E-state index contributed by atoms with van der Waals surface area (Å²) in [6, 6.07) is 13.6.